The van der Waals surface area contributed by atoms with Gasteiger partial charge in [-0.25, -0.2) is 4.39 Å². The first-order valence-corrected chi connectivity index (χ1v) is 5.37. The van der Waals surface area contributed by atoms with Gasteiger partial charge in [-0.05, 0) is 24.6 Å². The van der Waals surface area contributed by atoms with Crippen LogP contribution in [0.5, 0.6) is 0 Å². The Morgan fingerprint density at radius 2 is 2.29 bits per heavy atom. The fourth-order valence-corrected chi connectivity index (χ4v) is 1.20. The molecule has 0 unspecified atom stereocenters. The van der Waals surface area contributed by atoms with Crippen molar-refractivity contribution >= 4 is 21.8 Å². The lowest BCUT2D eigenvalue weighted by atomic mass is 10.1. The molecule has 0 aliphatic heterocycles. The zero-order valence-electron chi connectivity index (χ0n) is 7.81. The number of hydrogen-bond donors (Lipinski definition) is 1. The zero-order valence-corrected chi connectivity index (χ0v) is 9.40. The summed E-state index contributed by atoms with van der Waals surface area (Å²) < 4.78 is 13.1. The zero-order chi connectivity index (χ0) is 10.6. The molecule has 1 aromatic carbocycles. The Bertz CT molecular complexity index is 341. The van der Waals surface area contributed by atoms with Crippen LogP contribution in [-0.4, -0.2) is 17.8 Å². The molecule has 0 spiro atoms. The Balaban J connectivity index is 2.76. The Morgan fingerprint density at radius 1 is 1.57 bits per heavy atom. The van der Waals surface area contributed by atoms with E-state index >= 15 is 0 Å². The van der Waals surface area contributed by atoms with Crippen molar-refractivity contribution in [3.63, 3.8) is 0 Å². The molecule has 0 fully saturated rings. The molecule has 0 aromatic heterocycles. The van der Waals surface area contributed by atoms with E-state index in [2.05, 4.69) is 21.2 Å². The lowest BCUT2D eigenvalue weighted by Gasteiger charge is -2.03. The fraction of sp³-hybridized carbons (Fsp3) is 0.300. The van der Waals surface area contributed by atoms with Crippen LogP contribution < -0.4 is 5.32 Å². The topological polar surface area (TPSA) is 29.1 Å². The second-order valence-electron chi connectivity index (χ2n) is 2.91. The van der Waals surface area contributed by atoms with Gasteiger partial charge in [0.05, 0.1) is 0 Å². The summed E-state index contributed by atoms with van der Waals surface area (Å²) in [6, 6.07) is 4.46. The first-order chi connectivity index (χ1) is 6.65. The summed E-state index contributed by atoms with van der Waals surface area (Å²) in [5, 5.41) is 3.33. The largest absolute Gasteiger partial charge is 0.351 e. The minimum absolute atomic E-state index is 0.247. The minimum Gasteiger partial charge on any atom is -0.351 e. The maximum atomic E-state index is 13.1. The smallest absolute Gasteiger partial charge is 0.251 e. The van der Waals surface area contributed by atoms with Gasteiger partial charge >= 0.3 is 0 Å². The van der Waals surface area contributed by atoms with Gasteiger partial charge in [0.15, 0.2) is 0 Å². The van der Waals surface area contributed by atoms with Gasteiger partial charge in [-0.15, -0.1) is 0 Å². The van der Waals surface area contributed by atoms with Crippen molar-refractivity contribution in [3.8, 4) is 0 Å². The van der Waals surface area contributed by atoms with Crippen LogP contribution in [0.1, 0.15) is 15.9 Å². The summed E-state index contributed by atoms with van der Waals surface area (Å²) in [5.74, 6) is -0.597. The van der Waals surface area contributed by atoms with E-state index < -0.39 is 0 Å². The van der Waals surface area contributed by atoms with Crippen LogP contribution >= 0.6 is 15.9 Å². The highest BCUT2D eigenvalue weighted by Crippen LogP contribution is 2.08. The third-order valence-electron chi connectivity index (χ3n) is 1.81. The summed E-state index contributed by atoms with van der Waals surface area (Å²) in [6.07, 6.45) is 0. The molecule has 1 amide bonds. The van der Waals surface area contributed by atoms with E-state index in [9.17, 15) is 9.18 Å². The molecule has 14 heavy (non-hydrogen) atoms. The summed E-state index contributed by atoms with van der Waals surface area (Å²) in [7, 11) is 0. The highest BCUT2D eigenvalue weighted by atomic mass is 79.9. The number of benzene rings is 1. The normalized spacial score (nSPS) is 9.93. The van der Waals surface area contributed by atoms with E-state index in [-0.39, 0.29) is 11.7 Å². The van der Waals surface area contributed by atoms with Gasteiger partial charge in [0.25, 0.3) is 5.91 Å². The Morgan fingerprint density at radius 3 is 2.86 bits per heavy atom. The maximum absolute atomic E-state index is 13.1. The predicted octanol–water partition coefficient (Wildman–Crippen LogP) is 2.26. The average molecular weight is 260 g/mol. The van der Waals surface area contributed by atoms with Crippen molar-refractivity contribution < 1.29 is 9.18 Å². The average Bonchev–Trinajstić information content (AvgIpc) is 2.18. The quantitative estimate of drug-likeness (QED) is 0.830. The summed E-state index contributed by atoms with van der Waals surface area (Å²) in [6.45, 7) is 2.20. The van der Waals surface area contributed by atoms with Gasteiger partial charge in [0, 0.05) is 17.4 Å². The number of carbonyl (C=O) groups excluding carboxylic acids is 1. The molecular formula is C10H11BrFNO. The molecule has 0 saturated heterocycles. The third kappa shape index (κ3) is 2.80. The van der Waals surface area contributed by atoms with Gasteiger partial charge in [0.2, 0.25) is 0 Å². The molecule has 1 N–H and O–H groups in total. The number of hydrogen-bond acceptors (Lipinski definition) is 1. The van der Waals surface area contributed by atoms with Crippen molar-refractivity contribution in [3.05, 3.63) is 35.1 Å². The van der Waals surface area contributed by atoms with Gasteiger partial charge in [-0.2, -0.15) is 0 Å². The molecule has 0 aliphatic carbocycles. The van der Waals surface area contributed by atoms with E-state index in [1.165, 1.54) is 6.07 Å². The van der Waals surface area contributed by atoms with Crippen molar-refractivity contribution in [1.82, 2.24) is 5.32 Å². The molecule has 4 heteroatoms. The molecule has 0 radical (unpaired) electrons. The number of halogens is 2. The fourth-order valence-electron chi connectivity index (χ4n) is 0.997. The molecule has 1 aromatic rings. The molecular weight excluding hydrogens is 249 g/mol. The highest BCUT2D eigenvalue weighted by molar-refractivity contribution is 9.09. The van der Waals surface area contributed by atoms with Crippen LogP contribution in [0.3, 0.4) is 0 Å². The van der Waals surface area contributed by atoms with Crippen molar-refractivity contribution in [2.45, 2.75) is 6.92 Å². The number of aryl methyl sites for hydroxylation is 1. The lowest BCUT2D eigenvalue weighted by molar-refractivity contribution is 0.0956. The monoisotopic (exact) mass is 259 g/mol. The molecule has 0 atom stereocenters. The molecule has 2 nitrogen and oxygen atoms in total. The second kappa shape index (κ2) is 5.10. The van der Waals surface area contributed by atoms with E-state index in [4.69, 9.17) is 0 Å². The standard InChI is InChI=1S/C10H11BrFNO/c1-7-2-3-8(6-9(7)12)10(14)13-5-4-11/h2-3,6H,4-5H2,1H3,(H,13,14). The summed E-state index contributed by atoms with van der Waals surface area (Å²) in [4.78, 5) is 11.4. The van der Waals surface area contributed by atoms with Gasteiger partial charge in [0.1, 0.15) is 5.82 Å². The number of amides is 1. The van der Waals surface area contributed by atoms with E-state index in [1.54, 1.807) is 19.1 Å². The van der Waals surface area contributed by atoms with Crippen LogP contribution in [0.25, 0.3) is 0 Å². The Kier molecular flexibility index (Phi) is 4.07. The second-order valence-corrected chi connectivity index (χ2v) is 3.70. The maximum Gasteiger partial charge on any atom is 0.251 e. The molecule has 1 rings (SSSR count). The van der Waals surface area contributed by atoms with E-state index in [0.717, 1.165) is 0 Å². The molecule has 0 saturated carbocycles. The summed E-state index contributed by atoms with van der Waals surface area (Å²) >= 11 is 3.19. The number of carbonyl (C=O) groups is 1. The summed E-state index contributed by atoms with van der Waals surface area (Å²) in [5.41, 5.74) is 0.899. The van der Waals surface area contributed by atoms with Crippen LogP contribution in [0.15, 0.2) is 18.2 Å². The predicted molar refractivity (Wildman–Crippen MR) is 57.3 cm³/mol. The number of alkyl halides is 1. The first-order valence-electron chi connectivity index (χ1n) is 4.25. The Labute approximate surface area is 90.6 Å². The molecule has 0 aliphatic rings. The van der Waals surface area contributed by atoms with Crippen LogP contribution in [0, 0.1) is 12.7 Å². The van der Waals surface area contributed by atoms with Crippen molar-refractivity contribution in [2.24, 2.45) is 0 Å². The minimum atomic E-state index is -0.350. The first kappa shape index (κ1) is 11.2. The van der Waals surface area contributed by atoms with Gasteiger partial charge in [-0.3, -0.25) is 4.79 Å². The number of nitrogens with one attached hydrogen (secondary N) is 1. The SMILES string of the molecule is Cc1ccc(C(=O)NCCBr)cc1F. The van der Waals surface area contributed by atoms with Crippen LogP contribution in [0.4, 0.5) is 4.39 Å². The molecule has 0 heterocycles. The van der Waals surface area contributed by atoms with E-state index in [1.807, 2.05) is 0 Å². The van der Waals surface area contributed by atoms with Crippen LogP contribution in [-0.2, 0) is 0 Å². The van der Waals surface area contributed by atoms with Gasteiger partial charge < -0.3 is 5.32 Å². The molecule has 76 valence electrons. The van der Waals surface area contributed by atoms with Crippen LogP contribution in [0.2, 0.25) is 0 Å². The highest BCUT2D eigenvalue weighted by Gasteiger charge is 2.06. The lowest BCUT2D eigenvalue weighted by Crippen LogP contribution is -2.25. The molecule has 0 bridgehead atoms. The van der Waals surface area contributed by atoms with Crippen molar-refractivity contribution in [1.29, 1.82) is 0 Å². The van der Waals surface area contributed by atoms with E-state index in [0.29, 0.717) is 23.0 Å². The van der Waals surface area contributed by atoms with Crippen molar-refractivity contribution in [2.75, 3.05) is 11.9 Å². The number of rotatable bonds is 3. The Hall–Kier alpha value is -0.900. The third-order valence-corrected chi connectivity index (χ3v) is 2.21. The van der Waals surface area contributed by atoms with Gasteiger partial charge in [-0.1, -0.05) is 22.0 Å².